The van der Waals surface area contributed by atoms with E-state index in [1.807, 2.05) is 30.3 Å². The van der Waals surface area contributed by atoms with Crippen LogP contribution in [0.2, 0.25) is 5.02 Å². The molecule has 1 atom stereocenters. The molecule has 16 heavy (non-hydrogen) atoms. The minimum absolute atomic E-state index is 0.278. The summed E-state index contributed by atoms with van der Waals surface area (Å²) >= 11 is 6.10. The molecule has 2 nitrogen and oxygen atoms in total. The summed E-state index contributed by atoms with van der Waals surface area (Å²) in [4.78, 5) is 0. The monoisotopic (exact) mass is 238 g/mol. The van der Waals surface area contributed by atoms with E-state index >= 15 is 0 Å². The third-order valence-corrected chi connectivity index (χ3v) is 2.99. The van der Waals surface area contributed by atoms with Crippen molar-refractivity contribution in [3.8, 4) is 0 Å². The van der Waals surface area contributed by atoms with Crippen LogP contribution >= 0.6 is 11.6 Å². The predicted molar refractivity (Wildman–Crippen MR) is 70.3 cm³/mol. The van der Waals surface area contributed by atoms with E-state index in [2.05, 4.69) is 12.0 Å². The molecule has 0 aliphatic heterocycles. The van der Waals surface area contributed by atoms with Gasteiger partial charge in [-0.1, -0.05) is 35.9 Å². The maximum atomic E-state index is 6.10. The Morgan fingerprint density at radius 2 is 2.19 bits per heavy atom. The van der Waals surface area contributed by atoms with Crippen molar-refractivity contribution >= 4 is 11.6 Å². The summed E-state index contributed by atoms with van der Waals surface area (Å²) < 4.78 is 0. The van der Waals surface area contributed by atoms with Crippen LogP contribution in [-0.4, -0.2) is 6.04 Å². The average molecular weight is 239 g/mol. The second-order valence-corrected chi connectivity index (χ2v) is 4.29. The zero-order valence-electron chi connectivity index (χ0n) is 9.45. The van der Waals surface area contributed by atoms with E-state index in [4.69, 9.17) is 17.4 Å². The van der Waals surface area contributed by atoms with Crippen molar-refractivity contribution in [1.29, 1.82) is 0 Å². The zero-order valence-corrected chi connectivity index (χ0v) is 10.2. The second kappa shape index (κ2) is 7.44. The number of unbranched alkanes of at least 4 members (excludes halogenated alkanes) is 1. The minimum Gasteiger partial charge on any atom is -0.271 e. The maximum absolute atomic E-state index is 6.10. The van der Waals surface area contributed by atoms with Crippen molar-refractivity contribution < 1.29 is 0 Å². The van der Waals surface area contributed by atoms with Gasteiger partial charge in [0.2, 0.25) is 0 Å². The first kappa shape index (κ1) is 13.2. The summed E-state index contributed by atoms with van der Waals surface area (Å²) in [7, 11) is 0. The van der Waals surface area contributed by atoms with E-state index in [1.165, 1.54) is 0 Å². The highest BCUT2D eigenvalue weighted by molar-refractivity contribution is 6.31. The normalized spacial score (nSPS) is 12.4. The molecule has 3 N–H and O–H groups in total. The van der Waals surface area contributed by atoms with Gasteiger partial charge in [-0.05, 0) is 37.3 Å². The number of halogens is 1. The van der Waals surface area contributed by atoms with Gasteiger partial charge in [0.25, 0.3) is 0 Å². The van der Waals surface area contributed by atoms with Gasteiger partial charge in [0.05, 0.1) is 0 Å². The SMILES string of the molecule is C=CCCCC(Cc1ccccc1Cl)NN. The Morgan fingerprint density at radius 1 is 1.44 bits per heavy atom. The molecule has 1 unspecified atom stereocenters. The molecule has 0 heterocycles. The lowest BCUT2D eigenvalue weighted by atomic mass is 10.0. The van der Waals surface area contributed by atoms with E-state index in [0.717, 1.165) is 36.3 Å². The van der Waals surface area contributed by atoms with Gasteiger partial charge in [-0.3, -0.25) is 11.3 Å². The molecule has 1 aromatic rings. The number of hydrazine groups is 1. The van der Waals surface area contributed by atoms with Crippen LogP contribution in [0.4, 0.5) is 0 Å². The number of allylic oxidation sites excluding steroid dienone is 1. The second-order valence-electron chi connectivity index (χ2n) is 3.88. The van der Waals surface area contributed by atoms with Crippen LogP contribution in [0.15, 0.2) is 36.9 Å². The number of hydrogen-bond acceptors (Lipinski definition) is 2. The Hall–Kier alpha value is -0.830. The Labute approximate surface area is 102 Å². The van der Waals surface area contributed by atoms with Crippen LogP contribution in [0.3, 0.4) is 0 Å². The molecule has 3 heteroatoms. The van der Waals surface area contributed by atoms with Gasteiger partial charge < -0.3 is 0 Å². The summed E-state index contributed by atoms with van der Waals surface area (Å²) in [6.07, 6.45) is 5.97. The van der Waals surface area contributed by atoms with Crippen molar-refractivity contribution in [2.24, 2.45) is 5.84 Å². The molecule has 88 valence electrons. The fourth-order valence-electron chi connectivity index (χ4n) is 1.68. The lowest BCUT2D eigenvalue weighted by Crippen LogP contribution is -2.36. The molecule has 0 aliphatic carbocycles. The zero-order chi connectivity index (χ0) is 11.8. The first-order valence-electron chi connectivity index (χ1n) is 5.58. The molecule has 0 spiro atoms. The summed E-state index contributed by atoms with van der Waals surface area (Å²) in [6, 6.07) is 8.17. The highest BCUT2D eigenvalue weighted by Gasteiger charge is 2.09. The first-order chi connectivity index (χ1) is 7.77. The van der Waals surface area contributed by atoms with Gasteiger partial charge in [-0.25, -0.2) is 0 Å². The molecule has 0 bridgehead atoms. The van der Waals surface area contributed by atoms with Crippen molar-refractivity contribution in [2.45, 2.75) is 31.7 Å². The highest BCUT2D eigenvalue weighted by atomic mass is 35.5. The molecule has 0 radical (unpaired) electrons. The molecule has 0 saturated carbocycles. The van der Waals surface area contributed by atoms with Gasteiger partial charge in [0, 0.05) is 11.1 Å². The maximum Gasteiger partial charge on any atom is 0.0438 e. The van der Waals surface area contributed by atoms with Crippen molar-refractivity contribution in [2.75, 3.05) is 0 Å². The lowest BCUT2D eigenvalue weighted by Gasteiger charge is -2.16. The molecule has 0 saturated heterocycles. The molecule has 0 aromatic heterocycles. The molecule has 1 rings (SSSR count). The fourth-order valence-corrected chi connectivity index (χ4v) is 1.90. The predicted octanol–water partition coefficient (Wildman–Crippen LogP) is 3.07. The standard InChI is InChI=1S/C13H19ClN2/c1-2-3-4-8-12(16-15)10-11-7-5-6-9-13(11)14/h2,5-7,9,12,16H,1,3-4,8,10,15H2. The van der Waals surface area contributed by atoms with Crippen LogP contribution in [-0.2, 0) is 6.42 Å². The summed E-state index contributed by atoms with van der Waals surface area (Å²) in [5, 5.41) is 0.812. The summed E-state index contributed by atoms with van der Waals surface area (Å²) in [5.41, 5.74) is 3.99. The third kappa shape index (κ3) is 4.35. The topological polar surface area (TPSA) is 38.0 Å². The molecular weight excluding hydrogens is 220 g/mol. The number of rotatable bonds is 7. The van der Waals surface area contributed by atoms with E-state index in [9.17, 15) is 0 Å². The quantitative estimate of drug-likeness (QED) is 0.332. The van der Waals surface area contributed by atoms with Crippen molar-refractivity contribution in [3.63, 3.8) is 0 Å². The van der Waals surface area contributed by atoms with Crippen LogP contribution in [0, 0.1) is 0 Å². The lowest BCUT2D eigenvalue weighted by molar-refractivity contribution is 0.478. The number of benzene rings is 1. The van der Waals surface area contributed by atoms with Crippen molar-refractivity contribution in [3.05, 3.63) is 47.5 Å². The molecule has 1 aromatic carbocycles. The Balaban J connectivity index is 2.49. The highest BCUT2D eigenvalue weighted by Crippen LogP contribution is 2.18. The van der Waals surface area contributed by atoms with Crippen molar-refractivity contribution in [1.82, 2.24) is 5.43 Å². The van der Waals surface area contributed by atoms with Gasteiger partial charge in [-0.2, -0.15) is 0 Å². The van der Waals surface area contributed by atoms with Gasteiger partial charge in [0.15, 0.2) is 0 Å². The van der Waals surface area contributed by atoms with E-state index < -0.39 is 0 Å². The first-order valence-corrected chi connectivity index (χ1v) is 5.96. The number of nitrogens with one attached hydrogen (secondary N) is 1. The molecular formula is C13H19ClN2. The number of nitrogens with two attached hydrogens (primary N) is 1. The Bertz CT molecular complexity index is 325. The summed E-state index contributed by atoms with van der Waals surface area (Å²) in [6.45, 7) is 3.71. The van der Waals surface area contributed by atoms with Gasteiger partial charge in [-0.15, -0.1) is 6.58 Å². The Morgan fingerprint density at radius 3 is 2.81 bits per heavy atom. The minimum atomic E-state index is 0.278. The molecule has 0 aliphatic rings. The summed E-state index contributed by atoms with van der Waals surface area (Å²) in [5.74, 6) is 5.53. The van der Waals surface area contributed by atoms with Crippen LogP contribution < -0.4 is 11.3 Å². The average Bonchev–Trinajstić information content (AvgIpc) is 2.30. The largest absolute Gasteiger partial charge is 0.271 e. The fraction of sp³-hybridized carbons (Fsp3) is 0.385. The molecule has 0 fully saturated rings. The number of hydrogen-bond donors (Lipinski definition) is 2. The Kier molecular flexibility index (Phi) is 6.16. The van der Waals surface area contributed by atoms with Gasteiger partial charge >= 0.3 is 0 Å². The van der Waals surface area contributed by atoms with E-state index in [1.54, 1.807) is 0 Å². The molecule has 0 amide bonds. The van der Waals surface area contributed by atoms with E-state index in [-0.39, 0.29) is 6.04 Å². The van der Waals surface area contributed by atoms with Gasteiger partial charge in [0.1, 0.15) is 0 Å². The van der Waals surface area contributed by atoms with Crippen LogP contribution in [0.25, 0.3) is 0 Å². The van der Waals surface area contributed by atoms with Crippen LogP contribution in [0.1, 0.15) is 24.8 Å². The van der Waals surface area contributed by atoms with Crippen LogP contribution in [0.5, 0.6) is 0 Å². The third-order valence-electron chi connectivity index (χ3n) is 2.62. The smallest absolute Gasteiger partial charge is 0.0438 e. The van der Waals surface area contributed by atoms with E-state index in [0.29, 0.717) is 0 Å².